The molecule has 1 amide bonds. The summed E-state index contributed by atoms with van der Waals surface area (Å²) in [7, 11) is 1.56. The molecule has 0 aliphatic carbocycles. The third kappa shape index (κ3) is 4.83. The van der Waals surface area contributed by atoms with Gasteiger partial charge in [0.05, 0.1) is 25.8 Å². The number of carbonyl (C=O) groups excluding carboxylic acids is 1. The molecule has 4 rings (SSSR count). The zero-order valence-electron chi connectivity index (χ0n) is 18.9. The van der Waals surface area contributed by atoms with E-state index in [9.17, 15) is 14.4 Å². The molecule has 34 heavy (non-hydrogen) atoms. The minimum absolute atomic E-state index is 0.0364. The molecular formula is C25H24N4O5. The maximum absolute atomic E-state index is 13.3. The molecule has 0 atom stereocenters. The van der Waals surface area contributed by atoms with Crippen molar-refractivity contribution in [3.8, 4) is 11.5 Å². The SMILES string of the molecule is CCOc1ccc(NC(=O)Cn2c(=O)n(Cc3ccc(OC)cc3)c(=O)c3ncccc32)cc1. The van der Waals surface area contributed by atoms with Crippen LogP contribution >= 0.6 is 0 Å². The molecule has 0 spiro atoms. The lowest BCUT2D eigenvalue weighted by Gasteiger charge is -2.14. The molecule has 2 aromatic heterocycles. The van der Waals surface area contributed by atoms with Crippen LogP contribution in [-0.2, 0) is 17.9 Å². The summed E-state index contributed by atoms with van der Waals surface area (Å²) >= 11 is 0. The number of rotatable bonds is 8. The van der Waals surface area contributed by atoms with E-state index < -0.39 is 17.2 Å². The first-order valence-corrected chi connectivity index (χ1v) is 10.7. The van der Waals surface area contributed by atoms with Crippen molar-refractivity contribution in [2.75, 3.05) is 19.0 Å². The van der Waals surface area contributed by atoms with Gasteiger partial charge in [0.15, 0.2) is 5.52 Å². The predicted octanol–water partition coefficient (Wildman–Crippen LogP) is 2.65. The molecule has 0 fully saturated rings. The molecule has 0 aliphatic rings. The van der Waals surface area contributed by atoms with Crippen molar-refractivity contribution in [1.82, 2.24) is 14.1 Å². The van der Waals surface area contributed by atoms with E-state index in [1.165, 1.54) is 10.8 Å². The summed E-state index contributed by atoms with van der Waals surface area (Å²) < 4.78 is 12.9. The number of fused-ring (bicyclic) bond motifs is 1. The number of nitrogens with zero attached hydrogens (tertiary/aromatic N) is 3. The van der Waals surface area contributed by atoms with Crippen LogP contribution in [0.2, 0.25) is 0 Å². The number of benzene rings is 2. The van der Waals surface area contributed by atoms with Crippen molar-refractivity contribution in [2.45, 2.75) is 20.0 Å². The molecule has 0 bridgehead atoms. The van der Waals surface area contributed by atoms with Crippen LogP contribution in [-0.4, -0.2) is 33.7 Å². The fraction of sp³-hybridized carbons (Fsp3) is 0.200. The summed E-state index contributed by atoms with van der Waals surface area (Å²) in [5.41, 5.74) is 0.605. The number of pyridine rings is 1. The molecule has 0 saturated carbocycles. The number of hydrogen-bond acceptors (Lipinski definition) is 6. The molecule has 9 nitrogen and oxygen atoms in total. The highest BCUT2D eigenvalue weighted by Gasteiger charge is 2.16. The second-order valence-corrected chi connectivity index (χ2v) is 7.48. The molecule has 2 aromatic carbocycles. The lowest BCUT2D eigenvalue weighted by atomic mass is 10.2. The first kappa shape index (κ1) is 22.8. The van der Waals surface area contributed by atoms with E-state index in [2.05, 4.69) is 10.3 Å². The van der Waals surface area contributed by atoms with Crippen LogP contribution < -0.4 is 26.0 Å². The lowest BCUT2D eigenvalue weighted by molar-refractivity contribution is -0.116. The first-order valence-electron chi connectivity index (χ1n) is 10.7. The van der Waals surface area contributed by atoms with Gasteiger partial charge in [0.2, 0.25) is 5.91 Å². The molecule has 174 valence electrons. The van der Waals surface area contributed by atoms with Crippen LogP contribution in [0.25, 0.3) is 11.0 Å². The standard InChI is InChI=1S/C25H24N4O5/c1-3-34-20-12-8-18(9-13-20)27-22(30)16-28-21-5-4-14-26-23(21)24(31)29(25(28)32)15-17-6-10-19(33-2)11-7-17/h4-14H,3,15-16H2,1-2H3,(H,27,30). The highest BCUT2D eigenvalue weighted by atomic mass is 16.5. The van der Waals surface area contributed by atoms with Gasteiger partial charge in [-0.2, -0.15) is 0 Å². The van der Waals surface area contributed by atoms with E-state index in [-0.39, 0.29) is 18.6 Å². The Balaban J connectivity index is 1.66. The van der Waals surface area contributed by atoms with E-state index in [1.54, 1.807) is 67.8 Å². The van der Waals surface area contributed by atoms with Gasteiger partial charge in [-0.3, -0.25) is 18.7 Å². The molecule has 0 radical (unpaired) electrons. The van der Waals surface area contributed by atoms with Gasteiger partial charge >= 0.3 is 5.69 Å². The number of amides is 1. The monoisotopic (exact) mass is 460 g/mol. The Morgan fingerprint density at radius 3 is 2.35 bits per heavy atom. The van der Waals surface area contributed by atoms with Crippen molar-refractivity contribution in [2.24, 2.45) is 0 Å². The Kier molecular flexibility index (Phi) is 6.72. The van der Waals surface area contributed by atoms with Gasteiger partial charge in [-0.15, -0.1) is 0 Å². The minimum Gasteiger partial charge on any atom is -0.497 e. The topological polar surface area (TPSA) is 104 Å². The van der Waals surface area contributed by atoms with Crippen molar-refractivity contribution < 1.29 is 14.3 Å². The maximum Gasteiger partial charge on any atom is 0.332 e. The molecule has 9 heteroatoms. The van der Waals surface area contributed by atoms with E-state index in [4.69, 9.17) is 9.47 Å². The number of carbonyl (C=O) groups is 1. The molecule has 0 aliphatic heterocycles. The van der Waals surface area contributed by atoms with Crippen LogP contribution in [0.4, 0.5) is 5.69 Å². The highest BCUT2D eigenvalue weighted by molar-refractivity contribution is 5.91. The third-order valence-electron chi connectivity index (χ3n) is 5.24. The van der Waals surface area contributed by atoms with Gasteiger partial charge in [-0.25, -0.2) is 9.78 Å². The third-order valence-corrected chi connectivity index (χ3v) is 5.24. The second-order valence-electron chi connectivity index (χ2n) is 7.48. The smallest absolute Gasteiger partial charge is 0.332 e. The average Bonchev–Trinajstić information content (AvgIpc) is 2.86. The molecular weight excluding hydrogens is 436 g/mol. The second kappa shape index (κ2) is 10.0. The lowest BCUT2D eigenvalue weighted by Crippen LogP contribution is -2.42. The summed E-state index contributed by atoms with van der Waals surface area (Å²) in [6.07, 6.45) is 1.48. The molecule has 2 heterocycles. The first-order chi connectivity index (χ1) is 16.5. The number of hydrogen-bond donors (Lipinski definition) is 1. The summed E-state index contributed by atoms with van der Waals surface area (Å²) in [5, 5.41) is 2.77. The van der Waals surface area contributed by atoms with Crippen LogP contribution in [0.1, 0.15) is 12.5 Å². The van der Waals surface area contributed by atoms with Crippen LogP contribution in [0.5, 0.6) is 11.5 Å². The van der Waals surface area contributed by atoms with E-state index in [0.717, 1.165) is 10.1 Å². The van der Waals surface area contributed by atoms with Gasteiger partial charge in [-0.05, 0) is 61.0 Å². The maximum atomic E-state index is 13.3. The number of methoxy groups -OCH3 is 1. The molecule has 4 aromatic rings. The number of ether oxygens (including phenoxy) is 2. The van der Waals surface area contributed by atoms with Crippen LogP contribution in [0.15, 0.2) is 76.4 Å². The zero-order valence-corrected chi connectivity index (χ0v) is 18.9. The molecule has 0 unspecified atom stereocenters. The summed E-state index contributed by atoms with van der Waals surface area (Å²) in [4.78, 5) is 43.3. The largest absolute Gasteiger partial charge is 0.497 e. The Hall–Kier alpha value is -4.40. The van der Waals surface area contributed by atoms with Gasteiger partial charge < -0.3 is 14.8 Å². The Morgan fingerprint density at radius 2 is 1.68 bits per heavy atom. The average molecular weight is 460 g/mol. The predicted molar refractivity (Wildman–Crippen MR) is 129 cm³/mol. The summed E-state index contributed by atoms with van der Waals surface area (Å²) in [5.74, 6) is 0.949. The zero-order chi connectivity index (χ0) is 24.1. The van der Waals surface area contributed by atoms with Crippen LogP contribution in [0.3, 0.4) is 0 Å². The van der Waals surface area contributed by atoms with Crippen molar-refractivity contribution in [1.29, 1.82) is 0 Å². The van der Waals surface area contributed by atoms with E-state index >= 15 is 0 Å². The van der Waals surface area contributed by atoms with Gasteiger partial charge in [0.25, 0.3) is 5.56 Å². The normalized spacial score (nSPS) is 10.8. The summed E-state index contributed by atoms with van der Waals surface area (Å²) in [6.45, 7) is 2.19. The fourth-order valence-corrected chi connectivity index (χ4v) is 3.59. The van der Waals surface area contributed by atoms with Crippen molar-refractivity contribution >= 4 is 22.6 Å². The Morgan fingerprint density at radius 1 is 0.971 bits per heavy atom. The van der Waals surface area contributed by atoms with E-state index in [1.807, 2.05) is 6.92 Å². The number of nitrogens with one attached hydrogen (secondary N) is 1. The van der Waals surface area contributed by atoms with Gasteiger partial charge in [0.1, 0.15) is 18.0 Å². The molecule has 0 saturated heterocycles. The van der Waals surface area contributed by atoms with Gasteiger partial charge in [0, 0.05) is 11.9 Å². The summed E-state index contributed by atoms with van der Waals surface area (Å²) in [6, 6.07) is 17.2. The molecule has 1 N–H and O–H groups in total. The van der Waals surface area contributed by atoms with Crippen molar-refractivity contribution in [3.63, 3.8) is 0 Å². The fourth-order valence-electron chi connectivity index (χ4n) is 3.59. The number of anilines is 1. The van der Waals surface area contributed by atoms with Crippen LogP contribution in [0, 0.1) is 0 Å². The number of aromatic nitrogens is 3. The van der Waals surface area contributed by atoms with Crippen molar-refractivity contribution in [3.05, 3.63) is 93.3 Å². The highest BCUT2D eigenvalue weighted by Crippen LogP contribution is 2.16. The van der Waals surface area contributed by atoms with Gasteiger partial charge in [-0.1, -0.05) is 12.1 Å². The van der Waals surface area contributed by atoms with E-state index in [0.29, 0.717) is 29.3 Å². The Bertz CT molecular complexity index is 1420. The quantitative estimate of drug-likeness (QED) is 0.434. The minimum atomic E-state index is -0.594. The Labute approximate surface area is 195 Å².